The van der Waals surface area contributed by atoms with Gasteiger partial charge in [0, 0.05) is 37.3 Å². The molecule has 114 valence electrons. The topological polar surface area (TPSA) is 43.2 Å². The average molecular weight is 312 g/mol. The van der Waals surface area contributed by atoms with Crippen LogP contribution in [0.15, 0.2) is 35.7 Å². The van der Waals surface area contributed by atoms with Crippen LogP contribution in [0.2, 0.25) is 0 Å². The van der Waals surface area contributed by atoms with E-state index in [0.29, 0.717) is 0 Å². The molecule has 0 N–H and O–H groups in total. The minimum absolute atomic E-state index is 0.0463. The zero-order valence-corrected chi connectivity index (χ0v) is 13.6. The number of aromatic nitrogens is 1. The second kappa shape index (κ2) is 7.01. The Kier molecular flexibility index (Phi) is 4.84. The number of hydrogen-bond acceptors (Lipinski definition) is 5. The van der Waals surface area contributed by atoms with Crippen molar-refractivity contribution in [3.8, 4) is 6.07 Å². The van der Waals surface area contributed by atoms with E-state index >= 15 is 0 Å². The van der Waals surface area contributed by atoms with E-state index in [9.17, 15) is 5.26 Å². The normalized spacial score (nSPS) is 19.9. The molecule has 3 rings (SSSR count). The smallest absolute Gasteiger partial charge is 0.111 e. The number of rotatable bonds is 4. The molecule has 0 bridgehead atoms. The Morgan fingerprint density at radius 3 is 2.77 bits per heavy atom. The number of benzene rings is 1. The summed E-state index contributed by atoms with van der Waals surface area (Å²) >= 11 is 1.71. The zero-order valence-electron chi connectivity index (χ0n) is 12.8. The maximum absolute atomic E-state index is 9.50. The van der Waals surface area contributed by atoms with Gasteiger partial charge in [0.25, 0.3) is 0 Å². The van der Waals surface area contributed by atoms with Crippen molar-refractivity contribution < 1.29 is 0 Å². The third-order valence-electron chi connectivity index (χ3n) is 3.98. The van der Waals surface area contributed by atoms with Crippen LogP contribution in [-0.4, -0.2) is 40.5 Å². The van der Waals surface area contributed by atoms with Crippen molar-refractivity contribution in [3.05, 3.63) is 52.0 Å². The predicted molar refractivity (Wildman–Crippen MR) is 88.4 cm³/mol. The van der Waals surface area contributed by atoms with Crippen LogP contribution in [0.3, 0.4) is 0 Å². The first-order valence-corrected chi connectivity index (χ1v) is 8.43. The van der Waals surface area contributed by atoms with Gasteiger partial charge in [-0.2, -0.15) is 5.26 Å². The third kappa shape index (κ3) is 3.72. The van der Waals surface area contributed by atoms with E-state index in [0.717, 1.165) is 43.4 Å². The monoisotopic (exact) mass is 312 g/mol. The van der Waals surface area contributed by atoms with Crippen molar-refractivity contribution in [1.29, 1.82) is 5.26 Å². The van der Waals surface area contributed by atoms with Crippen LogP contribution in [0, 0.1) is 18.3 Å². The number of thiazole rings is 1. The van der Waals surface area contributed by atoms with Crippen molar-refractivity contribution in [1.82, 2.24) is 14.8 Å². The van der Waals surface area contributed by atoms with Gasteiger partial charge in [0.15, 0.2) is 0 Å². The minimum Gasteiger partial charge on any atom is -0.293 e. The predicted octanol–water partition coefficient (Wildman–Crippen LogP) is 2.66. The molecule has 22 heavy (non-hydrogen) atoms. The van der Waals surface area contributed by atoms with Crippen LogP contribution in [-0.2, 0) is 13.1 Å². The fourth-order valence-corrected chi connectivity index (χ4v) is 3.63. The van der Waals surface area contributed by atoms with Gasteiger partial charge < -0.3 is 0 Å². The summed E-state index contributed by atoms with van der Waals surface area (Å²) in [5.74, 6) is 0. The Morgan fingerprint density at radius 2 is 2.09 bits per heavy atom. The van der Waals surface area contributed by atoms with Gasteiger partial charge in [-0.25, -0.2) is 4.98 Å². The number of nitrogens with zero attached hydrogens (tertiary/aromatic N) is 4. The summed E-state index contributed by atoms with van der Waals surface area (Å²) in [6.45, 7) is 6.44. The van der Waals surface area contributed by atoms with Crippen molar-refractivity contribution in [2.75, 3.05) is 19.6 Å². The van der Waals surface area contributed by atoms with Gasteiger partial charge in [-0.3, -0.25) is 9.80 Å². The van der Waals surface area contributed by atoms with E-state index in [1.807, 2.05) is 13.0 Å². The van der Waals surface area contributed by atoms with Crippen LogP contribution in [0.4, 0.5) is 0 Å². The molecule has 1 atom stereocenters. The zero-order chi connectivity index (χ0) is 15.4. The van der Waals surface area contributed by atoms with Gasteiger partial charge >= 0.3 is 0 Å². The molecule has 0 radical (unpaired) electrons. The summed E-state index contributed by atoms with van der Waals surface area (Å²) in [4.78, 5) is 9.14. The molecule has 1 fully saturated rings. The molecule has 1 aromatic carbocycles. The summed E-state index contributed by atoms with van der Waals surface area (Å²) in [6, 6.07) is 12.8. The van der Waals surface area contributed by atoms with E-state index in [1.54, 1.807) is 11.3 Å². The van der Waals surface area contributed by atoms with Gasteiger partial charge in [0.1, 0.15) is 11.0 Å². The largest absolute Gasteiger partial charge is 0.293 e. The highest BCUT2D eigenvalue weighted by Gasteiger charge is 2.27. The minimum atomic E-state index is -0.0463. The standard InChI is InChI=1S/C17H20N4S/c1-14-13-22-17(19-14)12-20-7-8-21(16(9-18)11-20)10-15-5-3-2-4-6-15/h2-6,13,16H,7-8,10-12H2,1H3. The van der Waals surface area contributed by atoms with E-state index in [-0.39, 0.29) is 6.04 Å². The molecule has 1 aliphatic heterocycles. The highest BCUT2D eigenvalue weighted by atomic mass is 32.1. The Balaban J connectivity index is 1.60. The SMILES string of the molecule is Cc1csc(CN2CCN(Cc3ccccc3)C(C#N)C2)n1. The second-order valence-corrected chi connectivity index (χ2v) is 6.66. The molecule has 4 nitrogen and oxygen atoms in total. The molecule has 1 aliphatic rings. The summed E-state index contributed by atoms with van der Waals surface area (Å²) in [5.41, 5.74) is 2.35. The molecular weight excluding hydrogens is 292 g/mol. The summed E-state index contributed by atoms with van der Waals surface area (Å²) < 4.78 is 0. The molecule has 1 aromatic heterocycles. The number of aryl methyl sites for hydroxylation is 1. The van der Waals surface area contributed by atoms with Crippen molar-refractivity contribution >= 4 is 11.3 Å². The van der Waals surface area contributed by atoms with E-state index in [2.05, 4.69) is 50.5 Å². The van der Waals surface area contributed by atoms with Crippen molar-refractivity contribution in [2.24, 2.45) is 0 Å². The summed E-state index contributed by atoms with van der Waals surface area (Å²) in [7, 11) is 0. The van der Waals surface area contributed by atoms with Gasteiger partial charge in [0.05, 0.1) is 12.6 Å². The molecule has 2 aromatic rings. The van der Waals surface area contributed by atoms with Crippen LogP contribution < -0.4 is 0 Å². The fourth-order valence-electron chi connectivity index (χ4n) is 2.82. The lowest BCUT2D eigenvalue weighted by molar-refractivity contribution is 0.0901. The maximum atomic E-state index is 9.50. The first-order chi connectivity index (χ1) is 10.7. The van der Waals surface area contributed by atoms with Crippen LogP contribution in [0.5, 0.6) is 0 Å². The van der Waals surface area contributed by atoms with Gasteiger partial charge in [-0.15, -0.1) is 11.3 Å². The third-order valence-corrected chi connectivity index (χ3v) is 4.93. The van der Waals surface area contributed by atoms with Crippen molar-refractivity contribution in [2.45, 2.75) is 26.1 Å². The molecule has 0 spiro atoms. The Morgan fingerprint density at radius 1 is 1.27 bits per heavy atom. The lowest BCUT2D eigenvalue weighted by Gasteiger charge is -2.37. The molecule has 0 amide bonds. The Bertz CT molecular complexity index is 646. The quantitative estimate of drug-likeness (QED) is 0.870. The van der Waals surface area contributed by atoms with Crippen LogP contribution >= 0.6 is 11.3 Å². The number of hydrogen-bond donors (Lipinski definition) is 0. The van der Waals surface area contributed by atoms with Crippen LogP contribution in [0.25, 0.3) is 0 Å². The highest BCUT2D eigenvalue weighted by Crippen LogP contribution is 2.17. The summed E-state index contributed by atoms with van der Waals surface area (Å²) in [5, 5.41) is 12.7. The Hall–Kier alpha value is -1.74. The van der Waals surface area contributed by atoms with E-state index < -0.39 is 0 Å². The molecule has 2 heterocycles. The molecular formula is C17H20N4S. The molecule has 1 saturated heterocycles. The molecule has 5 heteroatoms. The van der Waals surface area contributed by atoms with E-state index in [4.69, 9.17) is 0 Å². The van der Waals surface area contributed by atoms with Crippen molar-refractivity contribution in [3.63, 3.8) is 0 Å². The van der Waals surface area contributed by atoms with Gasteiger partial charge in [0.2, 0.25) is 0 Å². The average Bonchev–Trinajstić information content (AvgIpc) is 2.95. The van der Waals surface area contributed by atoms with E-state index in [1.165, 1.54) is 5.56 Å². The number of nitriles is 1. The lowest BCUT2D eigenvalue weighted by atomic mass is 10.1. The maximum Gasteiger partial charge on any atom is 0.111 e. The number of piperazine rings is 1. The Labute approximate surface area is 135 Å². The fraction of sp³-hybridized carbons (Fsp3) is 0.412. The van der Waals surface area contributed by atoms with Gasteiger partial charge in [-0.1, -0.05) is 30.3 Å². The summed E-state index contributed by atoms with van der Waals surface area (Å²) in [6.07, 6.45) is 0. The lowest BCUT2D eigenvalue weighted by Crippen LogP contribution is -2.51. The highest BCUT2D eigenvalue weighted by molar-refractivity contribution is 7.09. The first-order valence-electron chi connectivity index (χ1n) is 7.55. The molecule has 0 aliphatic carbocycles. The molecule has 1 unspecified atom stereocenters. The van der Waals surface area contributed by atoms with Crippen LogP contribution in [0.1, 0.15) is 16.3 Å². The first kappa shape index (κ1) is 15.2. The second-order valence-electron chi connectivity index (χ2n) is 5.72. The van der Waals surface area contributed by atoms with Gasteiger partial charge in [-0.05, 0) is 12.5 Å². The molecule has 0 saturated carbocycles.